The second-order valence-electron chi connectivity index (χ2n) is 6.88. The van der Waals surface area contributed by atoms with Crippen LogP contribution in [0.5, 0.6) is 0 Å². The van der Waals surface area contributed by atoms with Crippen LogP contribution >= 0.6 is 0 Å². The van der Waals surface area contributed by atoms with E-state index in [0.717, 1.165) is 5.56 Å². The molecule has 0 aliphatic carbocycles. The molecule has 0 radical (unpaired) electrons. The van der Waals surface area contributed by atoms with Crippen LogP contribution in [0.15, 0.2) is 17.0 Å². The number of hydrogen-bond donors (Lipinski definition) is 3. The molecule has 1 aliphatic heterocycles. The fourth-order valence-electron chi connectivity index (χ4n) is 3.28. The summed E-state index contributed by atoms with van der Waals surface area (Å²) in [6.45, 7) is 7.66. The van der Waals surface area contributed by atoms with Crippen molar-refractivity contribution in [3.05, 3.63) is 35.4 Å². The molecule has 4 atom stereocenters. The number of nitrogens with one attached hydrogen (secondary N) is 1. The predicted octanol–water partition coefficient (Wildman–Crippen LogP) is 0.783. The molecule has 0 saturated carbocycles. The Kier molecular flexibility index (Phi) is 9.45. The van der Waals surface area contributed by atoms with Crippen molar-refractivity contribution >= 4 is 15.9 Å². The first-order chi connectivity index (χ1) is 12.5. The second kappa shape index (κ2) is 10.4. The average molecular weight is 639 g/mol. The molecule has 1 fully saturated rings. The van der Waals surface area contributed by atoms with E-state index in [1.165, 1.54) is 13.5 Å². The third-order valence-corrected chi connectivity index (χ3v) is 6.47. The van der Waals surface area contributed by atoms with Gasteiger partial charge >= 0.3 is 6.09 Å². The topological polar surface area (TPSA) is 122 Å². The third-order valence-electron chi connectivity index (χ3n) is 4.29. The van der Waals surface area contributed by atoms with Gasteiger partial charge < -0.3 is 25.0 Å². The number of aliphatic hydroxyl groups is 2. The van der Waals surface area contributed by atoms with Crippen LogP contribution in [-0.2, 0) is 19.3 Å². The molecule has 3 N–H and O–H groups in total. The van der Waals surface area contributed by atoms with E-state index < -0.39 is 46.9 Å². The minimum absolute atomic E-state index is 0. The molecule has 8 nitrogen and oxygen atoms in total. The summed E-state index contributed by atoms with van der Waals surface area (Å²) in [6.07, 6.45) is -3.71. The number of carbonyl (C=O) groups is 1. The molecule has 2 rings (SSSR count). The quantitative estimate of drug-likeness (QED) is 0.394. The summed E-state index contributed by atoms with van der Waals surface area (Å²) >= 11 is 0. The molecule has 3 unspecified atom stereocenters. The number of hydrogen-bond acceptors (Lipinski definition) is 7. The van der Waals surface area contributed by atoms with Crippen LogP contribution in [-0.4, -0.2) is 61.4 Å². The zero-order valence-electron chi connectivity index (χ0n) is 16.3. The first-order valence-electron chi connectivity index (χ1n) is 8.60. The molecule has 0 aromatic heterocycles. The van der Waals surface area contributed by atoms with Crippen LogP contribution in [0.25, 0.3) is 0 Å². The van der Waals surface area contributed by atoms with Gasteiger partial charge in [0.05, 0.1) is 29.5 Å². The van der Waals surface area contributed by atoms with Crippen molar-refractivity contribution in [3.8, 4) is 0 Å². The van der Waals surface area contributed by atoms with Gasteiger partial charge in [-0.15, -0.1) is 0 Å². The van der Waals surface area contributed by atoms with Crippen LogP contribution < -0.4 is 5.32 Å². The van der Waals surface area contributed by atoms with E-state index >= 15 is 0 Å². The SMILES string of the molecule is Cc1cc(C)c(S(=O)(=O)CC(C)OC(=O)NC2[CH-]O[C@H](CO)C2O)c(C)c1.[U]. The molecule has 1 heterocycles. The van der Waals surface area contributed by atoms with Crippen molar-refractivity contribution in [1.29, 1.82) is 0 Å². The Bertz CT molecular complexity index is 776. The van der Waals surface area contributed by atoms with Gasteiger partial charge in [-0.25, -0.2) is 13.2 Å². The van der Waals surface area contributed by atoms with E-state index in [4.69, 9.17) is 14.6 Å². The number of alkyl carbamates (subject to hydrolysis) is 1. The number of amides is 1. The van der Waals surface area contributed by atoms with Gasteiger partial charge in [0.1, 0.15) is 6.10 Å². The summed E-state index contributed by atoms with van der Waals surface area (Å²) < 4.78 is 35.6. The molecule has 1 aliphatic rings. The Balaban J connectivity index is 0.00000392. The normalized spacial score (nSPS) is 23.0. The van der Waals surface area contributed by atoms with E-state index in [-0.39, 0.29) is 41.8 Å². The molecular weight excluding hydrogens is 612 g/mol. The third kappa shape index (κ3) is 6.18. The van der Waals surface area contributed by atoms with Gasteiger partial charge in [-0.1, -0.05) is 17.7 Å². The zero-order valence-corrected chi connectivity index (χ0v) is 21.3. The van der Waals surface area contributed by atoms with Gasteiger partial charge in [0, 0.05) is 31.1 Å². The van der Waals surface area contributed by atoms with Gasteiger partial charge in [-0.2, -0.15) is 6.61 Å². The maximum Gasteiger partial charge on any atom is 0.405 e. The number of carbonyl (C=O) groups excluding carboxylic acids is 1. The van der Waals surface area contributed by atoms with Gasteiger partial charge in [-0.05, 0) is 44.9 Å². The monoisotopic (exact) mass is 638 g/mol. The maximum atomic E-state index is 12.7. The Labute approximate surface area is 189 Å². The summed E-state index contributed by atoms with van der Waals surface area (Å²) in [6, 6.07) is 2.75. The van der Waals surface area contributed by atoms with Crippen molar-refractivity contribution in [3.63, 3.8) is 0 Å². The van der Waals surface area contributed by atoms with Gasteiger partial charge in [0.15, 0.2) is 9.84 Å². The van der Waals surface area contributed by atoms with Crippen LogP contribution in [0.2, 0.25) is 0 Å². The standard InChI is InChI=1S/C18H26NO7S.U/c1-10-5-11(2)17(12(3)6-10)27(23,24)9-13(4)26-18(22)19-14-8-25-15(7-20)16(14)21;/h5-6,8,13-16,20-21H,7,9H2,1-4H3,(H,19,22);/q-1;/t13?,14?,15-,16?;/m1./s1. The smallest absolute Gasteiger partial charge is 0.405 e. The van der Waals surface area contributed by atoms with E-state index in [1.54, 1.807) is 26.0 Å². The first-order valence-corrected chi connectivity index (χ1v) is 10.3. The molecule has 1 aromatic rings. The predicted molar refractivity (Wildman–Crippen MR) is 97.8 cm³/mol. The molecule has 10 heteroatoms. The van der Waals surface area contributed by atoms with Crippen LogP contribution in [0.1, 0.15) is 23.6 Å². The molecule has 156 valence electrons. The number of sulfone groups is 1. The number of benzene rings is 1. The average Bonchev–Trinajstić information content (AvgIpc) is 2.85. The number of aliphatic hydroxyl groups excluding tert-OH is 2. The Morgan fingerprint density at radius 3 is 2.39 bits per heavy atom. The van der Waals surface area contributed by atoms with Gasteiger partial charge in [0.25, 0.3) is 0 Å². The van der Waals surface area contributed by atoms with Crippen molar-refractivity contribution in [2.75, 3.05) is 12.4 Å². The molecule has 1 aromatic carbocycles. The molecular formula is C18H26NO7SU-. The number of rotatable bonds is 6. The Morgan fingerprint density at radius 2 is 1.89 bits per heavy atom. The van der Waals surface area contributed by atoms with Gasteiger partial charge in [0.2, 0.25) is 0 Å². The Morgan fingerprint density at radius 1 is 1.32 bits per heavy atom. The zero-order chi connectivity index (χ0) is 20.4. The van der Waals surface area contributed by atoms with E-state index in [9.17, 15) is 18.3 Å². The minimum Gasteiger partial charge on any atom is -0.544 e. The minimum atomic E-state index is -3.65. The number of aryl methyl sites for hydroxylation is 3. The summed E-state index contributed by atoms with van der Waals surface area (Å²) in [5.41, 5.74) is 2.28. The Hall–Kier alpha value is -0.628. The van der Waals surface area contributed by atoms with Crippen molar-refractivity contribution in [2.24, 2.45) is 0 Å². The fourth-order valence-corrected chi connectivity index (χ4v) is 5.24. The largest absolute Gasteiger partial charge is 0.544 e. The summed E-state index contributed by atoms with van der Waals surface area (Å²) in [4.78, 5) is 12.2. The summed E-state index contributed by atoms with van der Waals surface area (Å²) in [5.74, 6) is -0.363. The molecule has 28 heavy (non-hydrogen) atoms. The summed E-state index contributed by atoms with van der Waals surface area (Å²) in [7, 11) is -3.65. The van der Waals surface area contributed by atoms with Crippen LogP contribution in [0.4, 0.5) is 4.79 Å². The molecule has 1 amide bonds. The van der Waals surface area contributed by atoms with E-state index in [1.807, 2.05) is 6.92 Å². The molecule has 0 bridgehead atoms. The second-order valence-corrected chi connectivity index (χ2v) is 8.85. The van der Waals surface area contributed by atoms with E-state index in [0.29, 0.717) is 11.1 Å². The van der Waals surface area contributed by atoms with Crippen molar-refractivity contribution in [2.45, 2.75) is 56.9 Å². The van der Waals surface area contributed by atoms with E-state index in [2.05, 4.69) is 5.32 Å². The van der Waals surface area contributed by atoms with Crippen molar-refractivity contribution in [1.82, 2.24) is 5.32 Å². The fraction of sp³-hybridized carbons (Fsp3) is 0.556. The van der Waals surface area contributed by atoms with Gasteiger partial charge in [-0.3, -0.25) is 0 Å². The van der Waals surface area contributed by atoms with Crippen LogP contribution in [0, 0.1) is 58.5 Å². The summed E-state index contributed by atoms with van der Waals surface area (Å²) in [5, 5.41) is 21.3. The molecule has 1 saturated heterocycles. The first kappa shape index (κ1) is 25.4. The maximum absolute atomic E-state index is 12.7. The number of ether oxygens (including phenoxy) is 2. The molecule has 0 spiro atoms. The van der Waals surface area contributed by atoms with Crippen molar-refractivity contribution < 1.29 is 64.0 Å². The van der Waals surface area contributed by atoms with Crippen LogP contribution in [0.3, 0.4) is 0 Å².